The second-order valence-corrected chi connectivity index (χ2v) is 5.76. The van der Waals surface area contributed by atoms with Crippen LogP contribution in [0, 0.1) is 0 Å². The van der Waals surface area contributed by atoms with Gasteiger partial charge < -0.3 is 9.72 Å². The van der Waals surface area contributed by atoms with Crippen LogP contribution in [-0.4, -0.2) is 15.9 Å². The van der Waals surface area contributed by atoms with E-state index in [4.69, 9.17) is 16.3 Å². The SMILES string of the molecule is O=C(CCc1nc2ccccc2c(=O)[nH]1)OCc1cccc(Cl)c1. The van der Waals surface area contributed by atoms with Crippen molar-refractivity contribution >= 4 is 28.5 Å². The molecular formula is C18H15ClN2O3. The molecule has 1 N–H and O–H groups in total. The van der Waals surface area contributed by atoms with Crippen molar-refractivity contribution in [3.8, 4) is 0 Å². The van der Waals surface area contributed by atoms with Crippen LogP contribution in [0.3, 0.4) is 0 Å². The third kappa shape index (κ3) is 4.00. The smallest absolute Gasteiger partial charge is 0.306 e. The average molecular weight is 343 g/mol. The van der Waals surface area contributed by atoms with Gasteiger partial charge in [-0.05, 0) is 29.8 Å². The maximum atomic E-state index is 12.0. The molecule has 0 saturated carbocycles. The molecule has 0 aliphatic carbocycles. The van der Waals surface area contributed by atoms with Gasteiger partial charge in [0, 0.05) is 11.4 Å². The molecule has 6 heteroatoms. The first-order valence-corrected chi connectivity index (χ1v) is 7.87. The number of nitrogens with one attached hydrogen (secondary N) is 1. The van der Waals surface area contributed by atoms with E-state index in [1.807, 2.05) is 12.1 Å². The van der Waals surface area contributed by atoms with Gasteiger partial charge in [-0.15, -0.1) is 0 Å². The average Bonchev–Trinajstić information content (AvgIpc) is 2.58. The number of carbonyl (C=O) groups is 1. The number of rotatable bonds is 5. The minimum Gasteiger partial charge on any atom is -0.461 e. The zero-order valence-corrected chi connectivity index (χ0v) is 13.5. The summed E-state index contributed by atoms with van der Waals surface area (Å²) in [6.07, 6.45) is 0.455. The number of aromatic nitrogens is 2. The summed E-state index contributed by atoms with van der Waals surface area (Å²) in [5.41, 5.74) is 1.24. The highest BCUT2D eigenvalue weighted by molar-refractivity contribution is 6.30. The van der Waals surface area contributed by atoms with Crippen molar-refractivity contribution in [3.63, 3.8) is 0 Å². The van der Waals surface area contributed by atoms with Gasteiger partial charge >= 0.3 is 5.97 Å². The van der Waals surface area contributed by atoms with Crippen molar-refractivity contribution < 1.29 is 9.53 Å². The molecule has 1 heterocycles. The summed E-state index contributed by atoms with van der Waals surface area (Å²) >= 11 is 5.88. The lowest BCUT2D eigenvalue weighted by Gasteiger charge is -2.06. The summed E-state index contributed by atoms with van der Waals surface area (Å²) < 4.78 is 5.21. The molecule has 24 heavy (non-hydrogen) atoms. The van der Waals surface area contributed by atoms with E-state index in [-0.39, 0.29) is 24.6 Å². The maximum Gasteiger partial charge on any atom is 0.306 e. The summed E-state index contributed by atoms with van der Waals surface area (Å²) in [6, 6.07) is 14.2. The summed E-state index contributed by atoms with van der Waals surface area (Å²) in [6.45, 7) is 0.168. The van der Waals surface area contributed by atoms with E-state index in [0.717, 1.165) is 5.56 Å². The largest absolute Gasteiger partial charge is 0.461 e. The number of hydrogen-bond donors (Lipinski definition) is 1. The van der Waals surface area contributed by atoms with E-state index in [1.54, 1.807) is 36.4 Å². The van der Waals surface area contributed by atoms with Crippen LogP contribution in [0.5, 0.6) is 0 Å². The fourth-order valence-electron chi connectivity index (χ4n) is 2.34. The molecule has 0 amide bonds. The number of esters is 1. The number of para-hydroxylation sites is 1. The summed E-state index contributed by atoms with van der Waals surface area (Å²) in [5, 5.41) is 1.13. The molecule has 0 bridgehead atoms. The van der Waals surface area contributed by atoms with Crippen molar-refractivity contribution in [1.82, 2.24) is 9.97 Å². The van der Waals surface area contributed by atoms with Crippen LogP contribution in [0.2, 0.25) is 5.02 Å². The van der Waals surface area contributed by atoms with E-state index in [1.165, 1.54) is 0 Å². The van der Waals surface area contributed by atoms with Crippen LogP contribution >= 0.6 is 11.6 Å². The number of aryl methyl sites for hydroxylation is 1. The Hall–Kier alpha value is -2.66. The zero-order chi connectivity index (χ0) is 16.9. The first-order valence-electron chi connectivity index (χ1n) is 7.50. The number of aromatic amines is 1. The second-order valence-electron chi connectivity index (χ2n) is 5.32. The van der Waals surface area contributed by atoms with E-state index in [9.17, 15) is 9.59 Å². The van der Waals surface area contributed by atoms with Crippen molar-refractivity contribution in [1.29, 1.82) is 0 Å². The summed E-state index contributed by atoms with van der Waals surface area (Å²) in [4.78, 5) is 30.9. The predicted octanol–water partition coefficient (Wildman–Crippen LogP) is 3.25. The molecule has 0 unspecified atom stereocenters. The van der Waals surface area contributed by atoms with Crippen molar-refractivity contribution in [2.75, 3.05) is 0 Å². The quantitative estimate of drug-likeness (QED) is 0.722. The van der Waals surface area contributed by atoms with Crippen molar-refractivity contribution in [3.05, 3.63) is 75.3 Å². The van der Waals surface area contributed by atoms with Crippen LogP contribution in [0.4, 0.5) is 0 Å². The van der Waals surface area contributed by atoms with Gasteiger partial charge in [0.05, 0.1) is 17.3 Å². The molecule has 122 valence electrons. The number of fused-ring (bicyclic) bond motifs is 1. The fraction of sp³-hybridized carbons (Fsp3) is 0.167. The monoisotopic (exact) mass is 342 g/mol. The van der Waals surface area contributed by atoms with Crippen LogP contribution in [0.25, 0.3) is 10.9 Å². The van der Waals surface area contributed by atoms with Crippen LogP contribution < -0.4 is 5.56 Å². The van der Waals surface area contributed by atoms with Crippen LogP contribution in [0.15, 0.2) is 53.3 Å². The molecule has 0 atom stereocenters. The molecule has 0 radical (unpaired) electrons. The van der Waals surface area contributed by atoms with Gasteiger partial charge in [-0.1, -0.05) is 35.9 Å². The molecule has 3 aromatic rings. The third-order valence-electron chi connectivity index (χ3n) is 3.52. The van der Waals surface area contributed by atoms with Gasteiger partial charge in [0.25, 0.3) is 5.56 Å². The normalized spacial score (nSPS) is 10.7. The molecule has 0 saturated heterocycles. The minimum atomic E-state index is -0.356. The number of nitrogens with zero attached hydrogens (tertiary/aromatic N) is 1. The first kappa shape index (κ1) is 16.2. The van der Waals surface area contributed by atoms with Crippen LogP contribution in [-0.2, 0) is 22.6 Å². The molecule has 0 aliphatic heterocycles. The minimum absolute atomic E-state index is 0.141. The Balaban J connectivity index is 1.59. The molecule has 1 aromatic heterocycles. The highest BCUT2D eigenvalue weighted by atomic mass is 35.5. The molecule has 5 nitrogen and oxygen atoms in total. The van der Waals surface area contributed by atoms with Crippen LogP contribution in [0.1, 0.15) is 17.8 Å². The van der Waals surface area contributed by atoms with Gasteiger partial charge in [0.2, 0.25) is 0 Å². The van der Waals surface area contributed by atoms with Crippen molar-refractivity contribution in [2.45, 2.75) is 19.4 Å². The van der Waals surface area contributed by atoms with Gasteiger partial charge in [-0.3, -0.25) is 9.59 Å². The Morgan fingerprint density at radius 1 is 1.17 bits per heavy atom. The standard InChI is InChI=1S/C18H15ClN2O3/c19-13-5-3-4-12(10-13)11-24-17(22)9-8-16-20-15-7-2-1-6-14(15)18(23)21-16/h1-7,10H,8-9,11H2,(H,20,21,23). The Labute approximate surface area is 143 Å². The zero-order valence-electron chi connectivity index (χ0n) is 12.8. The van der Waals surface area contributed by atoms with Gasteiger partial charge in [-0.2, -0.15) is 0 Å². The third-order valence-corrected chi connectivity index (χ3v) is 3.75. The number of carbonyl (C=O) groups excluding carboxylic acids is 1. The Morgan fingerprint density at radius 3 is 2.83 bits per heavy atom. The topological polar surface area (TPSA) is 72.0 Å². The van der Waals surface area contributed by atoms with E-state index >= 15 is 0 Å². The molecule has 0 fully saturated rings. The van der Waals surface area contributed by atoms with E-state index < -0.39 is 0 Å². The number of hydrogen-bond acceptors (Lipinski definition) is 4. The van der Waals surface area contributed by atoms with E-state index in [0.29, 0.717) is 28.2 Å². The Bertz CT molecular complexity index is 937. The molecular weight excluding hydrogens is 328 g/mol. The lowest BCUT2D eigenvalue weighted by atomic mass is 10.2. The lowest BCUT2D eigenvalue weighted by molar-refractivity contribution is -0.144. The summed E-state index contributed by atoms with van der Waals surface area (Å²) in [5.74, 6) is 0.115. The first-order chi connectivity index (χ1) is 11.6. The Kier molecular flexibility index (Phi) is 4.91. The highest BCUT2D eigenvalue weighted by Crippen LogP contribution is 2.12. The number of benzene rings is 2. The Morgan fingerprint density at radius 2 is 2.00 bits per heavy atom. The van der Waals surface area contributed by atoms with Crippen molar-refractivity contribution in [2.24, 2.45) is 0 Å². The lowest BCUT2D eigenvalue weighted by Crippen LogP contribution is -2.13. The predicted molar refractivity (Wildman–Crippen MR) is 91.9 cm³/mol. The second kappa shape index (κ2) is 7.27. The molecule has 2 aromatic carbocycles. The molecule has 0 aliphatic rings. The number of H-pyrrole nitrogens is 1. The van der Waals surface area contributed by atoms with E-state index in [2.05, 4.69) is 9.97 Å². The highest BCUT2D eigenvalue weighted by Gasteiger charge is 2.08. The maximum absolute atomic E-state index is 12.0. The number of ether oxygens (including phenoxy) is 1. The molecule has 0 spiro atoms. The van der Waals surface area contributed by atoms with Gasteiger partial charge in [0.15, 0.2) is 0 Å². The fourth-order valence-corrected chi connectivity index (χ4v) is 2.55. The number of halogens is 1. The van der Waals surface area contributed by atoms with Gasteiger partial charge in [0.1, 0.15) is 12.4 Å². The van der Waals surface area contributed by atoms with Gasteiger partial charge in [-0.25, -0.2) is 4.98 Å². The molecule has 3 rings (SSSR count). The summed E-state index contributed by atoms with van der Waals surface area (Å²) in [7, 11) is 0.